The molecule has 2 aliphatic rings. The van der Waals surface area contributed by atoms with Crippen LogP contribution in [0.5, 0.6) is 0 Å². The van der Waals surface area contributed by atoms with Crippen LogP contribution >= 0.6 is 11.8 Å². The molecule has 3 heteroatoms. The van der Waals surface area contributed by atoms with Gasteiger partial charge in [-0.05, 0) is 31.6 Å². The van der Waals surface area contributed by atoms with Crippen LogP contribution in [0.15, 0.2) is 0 Å². The van der Waals surface area contributed by atoms with E-state index in [9.17, 15) is 0 Å². The quantitative estimate of drug-likeness (QED) is 0.703. The molecule has 12 heavy (non-hydrogen) atoms. The molecule has 2 fully saturated rings. The topological polar surface area (TPSA) is 21.3 Å². The molecule has 0 aliphatic carbocycles. The van der Waals surface area contributed by atoms with Crippen LogP contribution in [0.25, 0.3) is 0 Å². The van der Waals surface area contributed by atoms with Gasteiger partial charge in [-0.2, -0.15) is 11.8 Å². The van der Waals surface area contributed by atoms with Crippen molar-refractivity contribution in [2.24, 2.45) is 0 Å². The molecular weight excluding hydrogens is 170 g/mol. The number of hydrogen-bond acceptors (Lipinski definition) is 3. The molecule has 2 nitrogen and oxygen atoms in total. The maximum atomic E-state index is 5.97. The minimum absolute atomic E-state index is 0.508. The Kier molecular flexibility index (Phi) is 3.31. The van der Waals surface area contributed by atoms with Gasteiger partial charge in [0.15, 0.2) is 0 Å². The molecule has 0 amide bonds. The lowest BCUT2D eigenvalue weighted by Gasteiger charge is -2.24. The summed E-state index contributed by atoms with van der Waals surface area (Å²) in [5.41, 5.74) is 0. The zero-order valence-electron chi connectivity index (χ0n) is 7.42. The van der Waals surface area contributed by atoms with Crippen molar-refractivity contribution >= 4 is 11.8 Å². The number of hydrogen-bond donors (Lipinski definition) is 1. The first-order valence-corrected chi connectivity index (χ1v) is 6.04. The average Bonchev–Trinajstić information content (AvgIpc) is 2.59. The van der Waals surface area contributed by atoms with Gasteiger partial charge >= 0.3 is 0 Å². The summed E-state index contributed by atoms with van der Waals surface area (Å²) in [6.07, 6.45) is 4.89. The molecule has 2 unspecified atom stereocenters. The van der Waals surface area contributed by atoms with Crippen LogP contribution in [-0.2, 0) is 4.74 Å². The van der Waals surface area contributed by atoms with E-state index in [1.54, 1.807) is 0 Å². The van der Waals surface area contributed by atoms with Gasteiger partial charge in [0.25, 0.3) is 0 Å². The summed E-state index contributed by atoms with van der Waals surface area (Å²) in [4.78, 5) is 0. The van der Waals surface area contributed by atoms with Crippen LogP contribution < -0.4 is 5.32 Å². The molecule has 2 rings (SSSR count). The van der Waals surface area contributed by atoms with Gasteiger partial charge in [-0.3, -0.25) is 0 Å². The van der Waals surface area contributed by atoms with Gasteiger partial charge in [0.2, 0.25) is 0 Å². The molecule has 2 aliphatic heterocycles. The van der Waals surface area contributed by atoms with Crippen LogP contribution in [0, 0.1) is 0 Å². The Bertz CT molecular complexity index is 130. The van der Waals surface area contributed by atoms with Gasteiger partial charge in [-0.15, -0.1) is 0 Å². The first kappa shape index (κ1) is 8.85. The maximum Gasteiger partial charge on any atom is 0.0715 e. The van der Waals surface area contributed by atoms with E-state index in [0.717, 1.165) is 13.1 Å². The standard InChI is InChI=1S/C9H17NOS/c1-2-9(7-12-5-1)11-8-3-4-10-6-8/h8-10H,1-7H2. The molecule has 0 bridgehead atoms. The van der Waals surface area contributed by atoms with Crippen molar-refractivity contribution in [3.63, 3.8) is 0 Å². The Balaban J connectivity index is 1.69. The van der Waals surface area contributed by atoms with E-state index in [4.69, 9.17) is 4.74 Å². The molecule has 0 aromatic heterocycles. The molecule has 2 heterocycles. The average molecular weight is 187 g/mol. The van der Waals surface area contributed by atoms with Crippen LogP contribution in [0.4, 0.5) is 0 Å². The Labute approximate surface area is 78.4 Å². The lowest BCUT2D eigenvalue weighted by molar-refractivity contribution is 0.00638. The third kappa shape index (κ3) is 2.38. The minimum Gasteiger partial charge on any atom is -0.373 e. The summed E-state index contributed by atoms with van der Waals surface area (Å²) >= 11 is 2.04. The second-order valence-corrected chi connectivity index (χ2v) is 4.74. The van der Waals surface area contributed by atoms with E-state index in [0.29, 0.717) is 12.2 Å². The first-order valence-electron chi connectivity index (χ1n) is 4.89. The lowest BCUT2D eigenvalue weighted by atomic mass is 10.2. The second kappa shape index (κ2) is 4.49. The van der Waals surface area contributed by atoms with Gasteiger partial charge in [-0.25, -0.2) is 0 Å². The normalized spacial score (nSPS) is 37.0. The highest BCUT2D eigenvalue weighted by atomic mass is 32.2. The van der Waals surface area contributed by atoms with Crippen LogP contribution in [-0.4, -0.2) is 36.8 Å². The Morgan fingerprint density at radius 2 is 2.25 bits per heavy atom. The highest BCUT2D eigenvalue weighted by molar-refractivity contribution is 7.99. The Hall–Kier alpha value is 0.270. The summed E-state index contributed by atoms with van der Waals surface area (Å²) in [5, 5.41) is 3.33. The van der Waals surface area contributed by atoms with Crippen LogP contribution in [0.2, 0.25) is 0 Å². The summed E-state index contributed by atoms with van der Waals surface area (Å²) in [7, 11) is 0. The maximum absolute atomic E-state index is 5.97. The molecule has 1 N–H and O–H groups in total. The van der Waals surface area contributed by atoms with Crippen molar-refractivity contribution in [2.45, 2.75) is 31.5 Å². The third-order valence-corrected chi connectivity index (χ3v) is 3.70. The number of thioether (sulfide) groups is 1. The molecule has 70 valence electrons. The van der Waals surface area contributed by atoms with E-state index >= 15 is 0 Å². The number of ether oxygens (including phenoxy) is 1. The van der Waals surface area contributed by atoms with E-state index in [-0.39, 0.29) is 0 Å². The van der Waals surface area contributed by atoms with E-state index in [1.807, 2.05) is 11.8 Å². The highest BCUT2D eigenvalue weighted by Crippen LogP contribution is 2.21. The molecule has 0 aromatic rings. The zero-order chi connectivity index (χ0) is 8.23. The fourth-order valence-electron chi connectivity index (χ4n) is 1.83. The summed E-state index contributed by atoms with van der Waals surface area (Å²) < 4.78 is 5.97. The van der Waals surface area contributed by atoms with Crippen molar-refractivity contribution < 1.29 is 4.74 Å². The Morgan fingerprint density at radius 1 is 1.25 bits per heavy atom. The number of rotatable bonds is 2. The van der Waals surface area contributed by atoms with Crippen molar-refractivity contribution in [3.8, 4) is 0 Å². The van der Waals surface area contributed by atoms with E-state index in [2.05, 4.69) is 5.32 Å². The summed E-state index contributed by atoms with van der Waals surface area (Å²) in [6.45, 7) is 2.21. The molecule has 0 spiro atoms. The molecule has 0 radical (unpaired) electrons. The van der Waals surface area contributed by atoms with Crippen LogP contribution in [0.3, 0.4) is 0 Å². The van der Waals surface area contributed by atoms with Gasteiger partial charge in [0, 0.05) is 12.3 Å². The highest BCUT2D eigenvalue weighted by Gasteiger charge is 2.21. The zero-order valence-corrected chi connectivity index (χ0v) is 8.24. The van der Waals surface area contributed by atoms with Gasteiger partial charge < -0.3 is 10.1 Å². The van der Waals surface area contributed by atoms with Gasteiger partial charge in [0.05, 0.1) is 12.2 Å². The van der Waals surface area contributed by atoms with Crippen LogP contribution in [0.1, 0.15) is 19.3 Å². The fraction of sp³-hybridized carbons (Fsp3) is 1.00. The predicted octanol–water partition coefficient (Wildman–Crippen LogP) is 1.26. The molecule has 2 atom stereocenters. The second-order valence-electron chi connectivity index (χ2n) is 3.59. The lowest BCUT2D eigenvalue weighted by Crippen LogP contribution is -2.28. The molecule has 0 saturated carbocycles. The van der Waals surface area contributed by atoms with Crippen molar-refractivity contribution in [1.29, 1.82) is 0 Å². The van der Waals surface area contributed by atoms with Crippen molar-refractivity contribution in [3.05, 3.63) is 0 Å². The predicted molar refractivity (Wildman–Crippen MR) is 52.7 cm³/mol. The molecule has 2 saturated heterocycles. The molecule has 0 aromatic carbocycles. The van der Waals surface area contributed by atoms with E-state index < -0.39 is 0 Å². The summed E-state index contributed by atoms with van der Waals surface area (Å²) in [6, 6.07) is 0. The van der Waals surface area contributed by atoms with Gasteiger partial charge in [0.1, 0.15) is 0 Å². The first-order chi connectivity index (χ1) is 5.95. The monoisotopic (exact) mass is 187 g/mol. The largest absolute Gasteiger partial charge is 0.373 e. The Morgan fingerprint density at radius 3 is 2.92 bits per heavy atom. The third-order valence-electron chi connectivity index (χ3n) is 2.52. The summed E-state index contributed by atoms with van der Waals surface area (Å²) in [5.74, 6) is 2.55. The smallest absolute Gasteiger partial charge is 0.0715 e. The molecular formula is C9H17NOS. The number of nitrogens with one attached hydrogen (secondary N) is 1. The van der Waals surface area contributed by atoms with E-state index in [1.165, 1.54) is 30.8 Å². The minimum atomic E-state index is 0.508. The van der Waals surface area contributed by atoms with Gasteiger partial charge in [-0.1, -0.05) is 0 Å². The van der Waals surface area contributed by atoms with Crippen molar-refractivity contribution in [1.82, 2.24) is 5.32 Å². The van der Waals surface area contributed by atoms with Crippen molar-refractivity contribution in [2.75, 3.05) is 24.6 Å². The fourth-order valence-corrected chi connectivity index (χ4v) is 2.88. The SMILES string of the molecule is C1CSCC(OC2CCNC2)C1.